The SMILES string of the molecule is O=C(O)CCCNC(=O)CSCc1ccccn1. The second-order valence-electron chi connectivity index (χ2n) is 3.66. The molecule has 5 nitrogen and oxygen atoms in total. The van der Waals surface area contributed by atoms with Crippen molar-refractivity contribution in [3.8, 4) is 0 Å². The van der Waals surface area contributed by atoms with Gasteiger partial charge in [-0.2, -0.15) is 0 Å². The van der Waals surface area contributed by atoms with E-state index in [1.807, 2.05) is 18.2 Å². The quantitative estimate of drug-likeness (QED) is 0.695. The second kappa shape index (κ2) is 8.52. The molecule has 0 spiro atoms. The van der Waals surface area contributed by atoms with E-state index in [1.165, 1.54) is 11.8 Å². The fourth-order valence-electron chi connectivity index (χ4n) is 1.25. The molecule has 2 N–H and O–H groups in total. The Labute approximate surface area is 110 Å². The van der Waals surface area contributed by atoms with Crippen molar-refractivity contribution in [1.29, 1.82) is 0 Å². The molecule has 0 aliphatic carbocycles. The maximum absolute atomic E-state index is 11.4. The van der Waals surface area contributed by atoms with Crippen molar-refractivity contribution in [2.24, 2.45) is 0 Å². The zero-order valence-corrected chi connectivity index (χ0v) is 10.8. The van der Waals surface area contributed by atoms with Crippen LogP contribution in [0.25, 0.3) is 0 Å². The molecule has 0 bridgehead atoms. The van der Waals surface area contributed by atoms with Gasteiger partial charge in [0.2, 0.25) is 5.91 Å². The van der Waals surface area contributed by atoms with Crippen LogP contribution >= 0.6 is 11.8 Å². The fraction of sp³-hybridized carbons (Fsp3) is 0.417. The molecule has 1 aromatic heterocycles. The summed E-state index contributed by atoms with van der Waals surface area (Å²) in [6, 6.07) is 5.68. The third-order valence-corrected chi connectivity index (χ3v) is 3.07. The van der Waals surface area contributed by atoms with Crippen LogP contribution in [0.1, 0.15) is 18.5 Å². The molecular weight excluding hydrogens is 252 g/mol. The number of nitrogens with one attached hydrogen (secondary N) is 1. The minimum atomic E-state index is -0.839. The lowest BCUT2D eigenvalue weighted by molar-refractivity contribution is -0.137. The fourth-order valence-corrected chi connectivity index (χ4v) is 2.02. The molecule has 1 amide bonds. The van der Waals surface area contributed by atoms with E-state index in [-0.39, 0.29) is 12.3 Å². The van der Waals surface area contributed by atoms with E-state index in [0.717, 1.165) is 5.69 Å². The van der Waals surface area contributed by atoms with Gasteiger partial charge in [0.1, 0.15) is 0 Å². The van der Waals surface area contributed by atoms with Gasteiger partial charge in [0.15, 0.2) is 0 Å². The first-order valence-corrected chi connectivity index (χ1v) is 6.80. The smallest absolute Gasteiger partial charge is 0.303 e. The first-order chi connectivity index (χ1) is 8.68. The molecule has 1 heterocycles. The number of thioether (sulfide) groups is 1. The highest BCUT2D eigenvalue weighted by atomic mass is 32.2. The minimum Gasteiger partial charge on any atom is -0.481 e. The van der Waals surface area contributed by atoms with Gasteiger partial charge in [-0.25, -0.2) is 0 Å². The van der Waals surface area contributed by atoms with Crippen LogP contribution in [0, 0.1) is 0 Å². The van der Waals surface area contributed by atoms with Crippen molar-refractivity contribution in [2.75, 3.05) is 12.3 Å². The highest BCUT2D eigenvalue weighted by Gasteiger charge is 2.02. The number of hydrogen-bond acceptors (Lipinski definition) is 4. The summed E-state index contributed by atoms with van der Waals surface area (Å²) in [6.45, 7) is 0.412. The molecule has 1 rings (SSSR count). The standard InChI is InChI=1S/C12H16N2O3S/c15-11(14-7-3-5-12(16)17)9-18-8-10-4-1-2-6-13-10/h1-2,4,6H,3,5,7-9H2,(H,14,15)(H,16,17). The molecule has 0 saturated carbocycles. The maximum Gasteiger partial charge on any atom is 0.303 e. The zero-order chi connectivity index (χ0) is 13.2. The van der Waals surface area contributed by atoms with E-state index in [2.05, 4.69) is 10.3 Å². The minimum absolute atomic E-state index is 0.0682. The molecule has 0 atom stereocenters. The average molecular weight is 268 g/mol. The predicted octanol–water partition coefficient (Wildman–Crippen LogP) is 1.30. The van der Waals surface area contributed by atoms with Gasteiger partial charge >= 0.3 is 5.97 Å². The summed E-state index contributed by atoms with van der Waals surface area (Å²) in [5.41, 5.74) is 0.946. The van der Waals surface area contributed by atoms with Crippen LogP contribution < -0.4 is 5.32 Å². The van der Waals surface area contributed by atoms with Crippen molar-refractivity contribution in [2.45, 2.75) is 18.6 Å². The monoisotopic (exact) mass is 268 g/mol. The number of nitrogens with zero attached hydrogens (tertiary/aromatic N) is 1. The Morgan fingerprint density at radius 3 is 2.89 bits per heavy atom. The van der Waals surface area contributed by atoms with Crippen LogP contribution in [0.5, 0.6) is 0 Å². The summed E-state index contributed by atoms with van der Waals surface area (Å²) >= 11 is 1.49. The van der Waals surface area contributed by atoms with Gasteiger partial charge in [-0.15, -0.1) is 11.8 Å². The Bertz CT molecular complexity index is 384. The van der Waals surface area contributed by atoms with Gasteiger partial charge in [-0.05, 0) is 18.6 Å². The molecule has 0 aromatic carbocycles. The summed E-state index contributed by atoms with van der Waals surface area (Å²) in [7, 11) is 0. The number of carbonyl (C=O) groups is 2. The summed E-state index contributed by atoms with van der Waals surface area (Å²) < 4.78 is 0. The molecule has 0 saturated heterocycles. The Hall–Kier alpha value is -1.56. The van der Waals surface area contributed by atoms with E-state index in [9.17, 15) is 9.59 Å². The summed E-state index contributed by atoms with van der Waals surface area (Å²) in [4.78, 5) is 25.8. The van der Waals surface area contributed by atoms with Gasteiger partial charge in [-0.1, -0.05) is 6.07 Å². The van der Waals surface area contributed by atoms with Crippen molar-refractivity contribution in [3.05, 3.63) is 30.1 Å². The van der Waals surface area contributed by atoms with Crippen LogP contribution in [0.4, 0.5) is 0 Å². The lowest BCUT2D eigenvalue weighted by Crippen LogP contribution is -2.26. The summed E-state index contributed by atoms with van der Waals surface area (Å²) in [5, 5.41) is 11.1. The number of amides is 1. The van der Waals surface area contributed by atoms with E-state index in [0.29, 0.717) is 24.5 Å². The maximum atomic E-state index is 11.4. The number of carboxylic acid groups (broad SMARTS) is 1. The Morgan fingerprint density at radius 2 is 2.22 bits per heavy atom. The van der Waals surface area contributed by atoms with E-state index >= 15 is 0 Å². The number of hydrogen-bond donors (Lipinski definition) is 2. The Morgan fingerprint density at radius 1 is 1.39 bits per heavy atom. The Kier molecular flexibility index (Phi) is 6.86. The van der Waals surface area contributed by atoms with Crippen LogP contribution in [0.2, 0.25) is 0 Å². The predicted molar refractivity (Wildman–Crippen MR) is 70.3 cm³/mol. The second-order valence-corrected chi connectivity index (χ2v) is 4.65. The van der Waals surface area contributed by atoms with Crippen molar-refractivity contribution >= 4 is 23.6 Å². The largest absolute Gasteiger partial charge is 0.481 e. The molecule has 6 heteroatoms. The molecule has 0 aliphatic heterocycles. The normalized spacial score (nSPS) is 10.0. The van der Waals surface area contributed by atoms with Gasteiger partial charge in [0.25, 0.3) is 0 Å². The van der Waals surface area contributed by atoms with Gasteiger partial charge in [0, 0.05) is 24.9 Å². The topological polar surface area (TPSA) is 79.3 Å². The average Bonchev–Trinajstić information content (AvgIpc) is 2.36. The van der Waals surface area contributed by atoms with Crippen molar-refractivity contribution < 1.29 is 14.7 Å². The highest BCUT2D eigenvalue weighted by molar-refractivity contribution is 7.99. The number of aromatic nitrogens is 1. The number of carbonyl (C=O) groups excluding carboxylic acids is 1. The lowest BCUT2D eigenvalue weighted by Gasteiger charge is -2.04. The van der Waals surface area contributed by atoms with Gasteiger partial charge < -0.3 is 10.4 Å². The molecule has 0 fully saturated rings. The first-order valence-electron chi connectivity index (χ1n) is 5.64. The molecule has 18 heavy (non-hydrogen) atoms. The molecule has 1 aromatic rings. The number of rotatable bonds is 8. The van der Waals surface area contributed by atoms with E-state index < -0.39 is 5.97 Å². The Balaban J connectivity index is 2.05. The first kappa shape index (κ1) is 14.5. The van der Waals surface area contributed by atoms with E-state index in [1.54, 1.807) is 6.20 Å². The number of aliphatic carboxylic acids is 1. The summed E-state index contributed by atoms with van der Waals surface area (Å²) in [5.74, 6) is 0.155. The molecule has 0 aliphatic rings. The molecule has 98 valence electrons. The number of pyridine rings is 1. The van der Waals surface area contributed by atoms with Gasteiger partial charge in [-0.3, -0.25) is 14.6 Å². The lowest BCUT2D eigenvalue weighted by atomic mass is 10.3. The van der Waals surface area contributed by atoms with Crippen LogP contribution in [-0.2, 0) is 15.3 Å². The van der Waals surface area contributed by atoms with Crippen molar-refractivity contribution in [1.82, 2.24) is 10.3 Å². The van der Waals surface area contributed by atoms with Crippen LogP contribution in [-0.4, -0.2) is 34.3 Å². The van der Waals surface area contributed by atoms with Gasteiger partial charge in [0.05, 0.1) is 11.4 Å². The molecule has 0 unspecified atom stereocenters. The van der Waals surface area contributed by atoms with Crippen molar-refractivity contribution in [3.63, 3.8) is 0 Å². The third-order valence-electron chi connectivity index (χ3n) is 2.10. The van der Waals surface area contributed by atoms with Crippen LogP contribution in [0.3, 0.4) is 0 Å². The zero-order valence-electron chi connectivity index (χ0n) is 9.96. The summed E-state index contributed by atoms with van der Waals surface area (Å²) in [6.07, 6.45) is 2.27. The molecule has 0 radical (unpaired) electrons. The van der Waals surface area contributed by atoms with Crippen LogP contribution in [0.15, 0.2) is 24.4 Å². The molecular formula is C12H16N2O3S. The third kappa shape index (κ3) is 6.90. The number of carboxylic acids is 1. The highest BCUT2D eigenvalue weighted by Crippen LogP contribution is 2.08. The van der Waals surface area contributed by atoms with E-state index in [4.69, 9.17) is 5.11 Å².